The van der Waals surface area contributed by atoms with Crippen LogP contribution in [0.4, 0.5) is 5.13 Å². The van der Waals surface area contributed by atoms with Gasteiger partial charge in [-0.2, -0.15) is 0 Å². The standard InChI is InChI=1S/C23H24N4O2S2/c1-17-7-9-18(10-8-17)30-15-21(28)27(13-4-12-26-14-11-24-16-26)23-25-22-19(29-2)5-3-6-20(22)31-23/h3,5-11,14,16H,4,12-13,15H2,1-2H3. The summed E-state index contributed by atoms with van der Waals surface area (Å²) in [4.78, 5) is 25.0. The van der Waals surface area contributed by atoms with Crippen LogP contribution in [0, 0.1) is 6.92 Å². The zero-order chi connectivity index (χ0) is 21.6. The number of hydrogen-bond donors (Lipinski definition) is 0. The van der Waals surface area contributed by atoms with Gasteiger partial charge in [0.1, 0.15) is 11.3 Å². The molecule has 0 atom stereocenters. The minimum absolute atomic E-state index is 0.0502. The lowest BCUT2D eigenvalue weighted by Gasteiger charge is -2.20. The molecular formula is C23H24N4O2S2. The van der Waals surface area contributed by atoms with Crippen molar-refractivity contribution in [3.05, 3.63) is 66.7 Å². The number of rotatable bonds is 9. The lowest BCUT2D eigenvalue weighted by atomic mass is 10.2. The summed E-state index contributed by atoms with van der Waals surface area (Å²) in [5.41, 5.74) is 2.00. The average Bonchev–Trinajstić information content (AvgIpc) is 3.45. The molecule has 0 radical (unpaired) electrons. The van der Waals surface area contributed by atoms with Crippen molar-refractivity contribution < 1.29 is 9.53 Å². The molecule has 0 unspecified atom stereocenters. The summed E-state index contributed by atoms with van der Waals surface area (Å²) in [7, 11) is 1.64. The second kappa shape index (κ2) is 9.98. The number of hydrogen-bond acceptors (Lipinski definition) is 6. The number of ether oxygens (including phenoxy) is 1. The van der Waals surface area contributed by atoms with Gasteiger partial charge in [0.15, 0.2) is 5.13 Å². The number of imidazole rings is 1. The lowest BCUT2D eigenvalue weighted by Crippen LogP contribution is -2.33. The van der Waals surface area contributed by atoms with Gasteiger partial charge in [0.05, 0.1) is 23.9 Å². The van der Waals surface area contributed by atoms with E-state index in [4.69, 9.17) is 9.72 Å². The van der Waals surface area contributed by atoms with E-state index in [1.807, 2.05) is 33.9 Å². The number of carbonyl (C=O) groups excluding carboxylic acids is 1. The Morgan fingerprint density at radius 2 is 2.06 bits per heavy atom. The summed E-state index contributed by atoms with van der Waals surface area (Å²) in [5.74, 6) is 1.13. The highest BCUT2D eigenvalue weighted by Gasteiger charge is 2.21. The van der Waals surface area contributed by atoms with Gasteiger partial charge in [-0.1, -0.05) is 35.1 Å². The van der Waals surface area contributed by atoms with Crippen molar-refractivity contribution >= 4 is 44.4 Å². The van der Waals surface area contributed by atoms with E-state index >= 15 is 0 Å². The van der Waals surface area contributed by atoms with Gasteiger partial charge in [-0.25, -0.2) is 9.97 Å². The number of nitrogens with zero attached hydrogens (tertiary/aromatic N) is 4. The first-order chi connectivity index (χ1) is 15.1. The number of anilines is 1. The van der Waals surface area contributed by atoms with Crippen LogP contribution in [-0.4, -0.2) is 39.8 Å². The van der Waals surface area contributed by atoms with Gasteiger partial charge >= 0.3 is 0 Å². The van der Waals surface area contributed by atoms with Gasteiger partial charge in [-0.05, 0) is 37.6 Å². The number of thioether (sulfide) groups is 1. The van der Waals surface area contributed by atoms with Gasteiger partial charge in [0, 0.05) is 30.4 Å². The third kappa shape index (κ3) is 5.26. The molecule has 0 saturated heterocycles. The molecule has 2 aromatic heterocycles. The SMILES string of the molecule is COc1cccc2sc(N(CCCn3ccnc3)C(=O)CSc3ccc(C)cc3)nc12. The molecule has 8 heteroatoms. The number of carbonyl (C=O) groups is 1. The zero-order valence-electron chi connectivity index (χ0n) is 17.5. The maximum atomic E-state index is 13.2. The van der Waals surface area contributed by atoms with Crippen LogP contribution in [0.25, 0.3) is 10.2 Å². The molecule has 2 aromatic carbocycles. The van der Waals surface area contributed by atoms with Crippen molar-refractivity contribution in [1.82, 2.24) is 14.5 Å². The molecule has 0 spiro atoms. The molecule has 4 rings (SSSR count). The molecule has 0 bridgehead atoms. The lowest BCUT2D eigenvalue weighted by molar-refractivity contribution is -0.116. The van der Waals surface area contributed by atoms with E-state index < -0.39 is 0 Å². The summed E-state index contributed by atoms with van der Waals surface area (Å²) >= 11 is 3.07. The van der Waals surface area contributed by atoms with Gasteiger partial charge in [0.25, 0.3) is 0 Å². The summed E-state index contributed by atoms with van der Waals surface area (Å²) in [6.45, 7) is 3.44. The number of thiazole rings is 1. The Kier molecular flexibility index (Phi) is 6.89. The summed E-state index contributed by atoms with van der Waals surface area (Å²) < 4.78 is 8.48. The molecule has 160 valence electrons. The Bertz CT molecular complexity index is 1140. The minimum Gasteiger partial charge on any atom is -0.494 e. The molecular weight excluding hydrogens is 428 g/mol. The number of para-hydroxylation sites is 1. The Hall–Kier alpha value is -2.84. The van der Waals surface area contributed by atoms with Crippen LogP contribution in [0.2, 0.25) is 0 Å². The smallest absolute Gasteiger partial charge is 0.239 e. The van der Waals surface area contributed by atoms with E-state index in [2.05, 4.69) is 36.2 Å². The molecule has 0 aliphatic rings. The fourth-order valence-corrected chi connectivity index (χ4v) is 5.01. The number of benzene rings is 2. The number of aryl methyl sites for hydroxylation is 2. The second-order valence-electron chi connectivity index (χ2n) is 7.10. The molecule has 0 aliphatic carbocycles. The third-order valence-corrected chi connectivity index (χ3v) is 6.90. The molecule has 6 nitrogen and oxygen atoms in total. The summed E-state index contributed by atoms with van der Waals surface area (Å²) in [6.07, 6.45) is 6.30. The van der Waals surface area contributed by atoms with E-state index in [-0.39, 0.29) is 5.91 Å². The fraction of sp³-hybridized carbons (Fsp3) is 0.261. The van der Waals surface area contributed by atoms with E-state index in [0.29, 0.717) is 17.4 Å². The normalized spacial score (nSPS) is 11.0. The van der Waals surface area contributed by atoms with Gasteiger partial charge in [0.2, 0.25) is 5.91 Å². The first kappa shape index (κ1) is 21.4. The molecule has 0 fully saturated rings. The molecule has 1 amide bonds. The van der Waals surface area contributed by atoms with Crippen LogP contribution in [0.15, 0.2) is 66.1 Å². The Balaban J connectivity index is 1.52. The van der Waals surface area contributed by atoms with Crippen LogP contribution in [0.3, 0.4) is 0 Å². The predicted octanol–water partition coefficient (Wildman–Crippen LogP) is 5.03. The number of amides is 1. The maximum Gasteiger partial charge on any atom is 0.239 e. The second-order valence-corrected chi connectivity index (χ2v) is 9.16. The number of aromatic nitrogens is 3. The maximum absolute atomic E-state index is 13.2. The monoisotopic (exact) mass is 452 g/mol. The van der Waals surface area contributed by atoms with Crippen molar-refractivity contribution in [2.45, 2.75) is 24.8 Å². The minimum atomic E-state index is 0.0502. The quantitative estimate of drug-likeness (QED) is 0.334. The highest BCUT2D eigenvalue weighted by Crippen LogP contribution is 2.34. The average molecular weight is 453 g/mol. The van der Waals surface area contributed by atoms with Crippen molar-refractivity contribution in [2.24, 2.45) is 0 Å². The summed E-state index contributed by atoms with van der Waals surface area (Å²) in [6, 6.07) is 14.1. The zero-order valence-corrected chi connectivity index (χ0v) is 19.2. The number of fused-ring (bicyclic) bond motifs is 1. The predicted molar refractivity (Wildman–Crippen MR) is 127 cm³/mol. The Morgan fingerprint density at radius 1 is 1.23 bits per heavy atom. The van der Waals surface area contributed by atoms with Gasteiger partial charge in [-0.3, -0.25) is 9.69 Å². The van der Waals surface area contributed by atoms with Gasteiger partial charge in [-0.15, -0.1) is 11.8 Å². The highest BCUT2D eigenvalue weighted by atomic mass is 32.2. The van der Waals surface area contributed by atoms with Crippen molar-refractivity contribution in [2.75, 3.05) is 24.3 Å². The van der Waals surface area contributed by atoms with E-state index in [1.54, 1.807) is 31.4 Å². The molecule has 4 aromatic rings. The fourth-order valence-electron chi connectivity index (χ4n) is 3.21. The molecule has 31 heavy (non-hydrogen) atoms. The third-order valence-electron chi connectivity index (χ3n) is 4.86. The van der Waals surface area contributed by atoms with Crippen molar-refractivity contribution in [3.8, 4) is 5.75 Å². The van der Waals surface area contributed by atoms with Crippen LogP contribution in [0.5, 0.6) is 5.75 Å². The first-order valence-corrected chi connectivity index (χ1v) is 11.8. The molecule has 0 saturated carbocycles. The van der Waals surface area contributed by atoms with Crippen LogP contribution < -0.4 is 9.64 Å². The van der Waals surface area contributed by atoms with E-state index in [1.165, 1.54) is 16.9 Å². The Labute approximate surface area is 189 Å². The van der Waals surface area contributed by atoms with Crippen molar-refractivity contribution in [3.63, 3.8) is 0 Å². The van der Waals surface area contributed by atoms with E-state index in [9.17, 15) is 4.79 Å². The molecule has 0 aliphatic heterocycles. The van der Waals surface area contributed by atoms with Crippen LogP contribution in [0.1, 0.15) is 12.0 Å². The van der Waals surface area contributed by atoms with Crippen LogP contribution in [-0.2, 0) is 11.3 Å². The molecule has 0 N–H and O–H groups in total. The van der Waals surface area contributed by atoms with E-state index in [0.717, 1.165) is 33.8 Å². The Morgan fingerprint density at radius 3 is 2.81 bits per heavy atom. The first-order valence-electron chi connectivity index (χ1n) is 10.0. The largest absolute Gasteiger partial charge is 0.494 e. The highest BCUT2D eigenvalue weighted by molar-refractivity contribution is 8.00. The number of methoxy groups -OCH3 is 1. The van der Waals surface area contributed by atoms with Gasteiger partial charge < -0.3 is 9.30 Å². The van der Waals surface area contributed by atoms with Crippen LogP contribution >= 0.6 is 23.1 Å². The van der Waals surface area contributed by atoms with Crippen molar-refractivity contribution in [1.29, 1.82) is 0 Å². The summed E-state index contributed by atoms with van der Waals surface area (Å²) in [5, 5.41) is 0.708. The topological polar surface area (TPSA) is 60.2 Å². The molecule has 2 heterocycles.